The Morgan fingerprint density at radius 3 is 2.45 bits per heavy atom. The fourth-order valence-corrected chi connectivity index (χ4v) is 3.85. The number of aryl methyl sites for hydroxylation is 2. The van der Waals surface area contributed by atoms with Crippen molar-refractivity contribution < 1.29 is 14.6 Å². The molecule has 3 rings (SSSR count). The largest absolute Gasteiger partial charge is 0.491 e. The van der Waals surface area contributed by atoms with Gasteiger partial charge in [0.05, 0.1) is 0 Å². The Bertz CT molecular complexity index is 804. The van der Waals surface area contributed by atoms with Gasteiger partial charge in [0, 0.05) is 32.7 Å². The molecule has 0 saturated carbocycles. The molecule has 0 aromatic heterocycles. The number of primary amides is 1. The Kier molecular flexibility index (Phi) is 7.25. The lowest BCUT2D eigenvalue weighted by atomic mass is 9.96. The topological polar surface area (TPSA) is 79.0 Å². The van der Waals surface area contributed by atoms with Crippen LogP contribution in [0.2, 0.25) is 0 Å². The quantitative estimate of drug-likeness (QED) is 0.711. The van der Waals surface area contributed by atoms with Gasteiger partial charge in [-0.15, -0.1) is 0 Å². The molecule has 6 heteroatoms. The number of nitrogens with two attached hydrogens (primary N) is 1. The van der Waals surface area contributed by atoms with Crippen LogP contribution in [0.15, 0.2) is 48.5 Å². The smallest absolute Gasteiger partial charge is 0.239 e. The second-order valence-corrected chi connectivity index (χ2v) is 7.78. The molecule has 1 aliphatic rings. The fourth-order valence-electron chi connectivity index (χ4n) is 3.85. The van der Waals surface area contributed by atoms with Gasteiger partial charge in [0.1, 0.15) is 24.5 Å². The van der Waals surface area contributed by atoms with Gasteiger partial charge in [-0.05, 0) is 37.1 Å². The van der Waals surface area contributed by atoms with Crippen LogP contribution in [0.25, 0.3) is 0 Å². The molecule has 1 saturated heterocycles. The molecule has 0 bridgehead atoms. The molecule has 0 radical (unpaired) electrons. The first-order valence-corrected chi connectivity index (χ1v) is 10.1. The van der Waals surface area contributed by atoms with Crippen molar-refractivity contribution in [3.8, 4) is 5.75 Å². The second kappa shape index (κ2) is 9.87. The Labute approximate surface area is 172 Å². The van der Waals surface area contributed by atoms with Gasteiger partial charge in [0.25, 0.3) is 0 Å². The summed E-state index contributed by atoms with van der Waals surface area (Å²) in [7, 11) is 0. The lowest BCUT2D eigenvalue weighted by Gasteiger charge is -2.39. The number of carbonyl (C=O) groups is 1. The second-order valence-electron chi connectivity index (χ2n) is 7.78. The number of aliphatic hydroxyl groups is 1. The number of ether oxygens (including phenoxy) is 1. The Hall–Kier alpha value is -2.41. The molecule has 6 nitrogen and oxygen atoms in total. The SMILES string of the molecule is Cc1ccc(C)c(C(C(N)=O)N2CCN(CC(O)COc3ccccc3)CC2)c1. The number of amides is 1. The molecule has 2 aromatic rings. The molecule has 2 unspecified atom stereocenters. The standard InChI is InChI=1S/C23H31N3O3/c1-17-8-9-18(2)21(14-17)22(23(24)28)26-12-10-25(11-13-26)15-19(27)16-29-20-6-4-3-5-7-20/h3-9,14,19,22,27H,10-13,15-16H2,1-2H3,(H2,24,28). The van der Waals surface area contributed by atoms with E-state index in [1.165, 1.54) is 0 Å². The molecular weight excluding hydrogens is 366 g/mol. The van der Waals surface area contributed by atoms with Gasteiger partial charge < -0.3 is 15.6 Å². The first kappa shape index (κ1) is 21.3. The number of aliphatic hydroxyl groups excluding tert-OH is 1. The number of piperazine rings is 1. The van der Waals surface area contributed by atoms with Crippen molar-refractivity contribution in [1.82, 2.24) is 9.80 Å². The van der Waals surface area contributed by atoms with Crippen molar-refractivity contribution in [2.45, 2.75) is 26.0 Å². The molecular formula is C23H31N3O3. The van der Waals surface area contributed by atoms with Crippen molar-refractivity contribution in [3.63, 3.8) is 0 Å². The maximum Gasteiger partial charge on any atom is 0.239 e. The molecule has 1 heterocycles. The van der Waals surface area contributed by atoms with Gasteiger partial charge in [-0.25, -0.2) is 0 Å². The summed E-state index contributed by atoms with van der Waals surface area (Å²) in [6.45, 7) is 7.86. The normalized spacial score (nSPS) is 17.6. The first-order chi connectivity index (χ1) is 13.9. The van der Waals surface area contributed by atoms with Gasteiger partial charge in [0.2, 0.25) is 5.91 Å². The number of rotatable bonds is 8. The fraction of sp³-hybridized carbons (Fsp3) is 0.435. The number of β-amino-alcohol motifs (C(OH)–C–C–N with tert-alkyl or cyclic N) is 1. The molecule has 0 aliphatic carbocycles. The number of carbonyl (C=O) groups excluding carboxylic acids is 1. The molecule has 2 atom stereocenters. The van der Waals surface area contributed by atoms with Crippen LogP contribution in [-0.2, 0) is 4.79 Å². The van der Waals surface area contributed by atoms with Crippen LogP contribution in [0.3, 0.4) is 0 Å². The van der Waals surface area contributed by atoms with Crippen molar-refractivity contribution in [2.24, 2.45) is 5.73 Å². The predicted octanol–water partition coefficient (Wildman–Crippen LogP) is 1.89. The molecule has 1 fully saturated rings. The molecule has 156 valence electrons. The highest BCUT2D eigenvalue weighted by Crippen LogP contribution is 2.26. The number of para-hydroxylation sites is 1. The maximum atomic E-state index is 12.3. The van der Waals surface area contributed by atoms with E-state index in [1.54, 1.807) is 0 Å². The summed E-state index contributed by atoms with van der Waals surface area (Å²) in [4.78, 5) is 16.6. The molecule has 0 spiro atoms. The average molecular weight is 398 g/mol. The van der Waals surface area contributed by atoms with E-state index >= 15 is 0 Å². The van der Waals surface area contributed by atoms with Gasteiger partial charge >= 0.3 is 0 Å². The average Bonchev–Trinajstić information content (AvgIpc) is 2.71. The molecule has 29 heavy (non-hydrogen) atoms. The highest BCUT2D eigenvalue weighted by molar-refractivity contribution is 5.82. The molecule has 3 N–H and O–H groups in total. The Morgan fingerprint density at radius 2 is 1.79 bits per heavy atom. The molecule has 1 aliphatic heterocycles. The summed E-state index contributed by atoms with van der Waals surface area (Å²) in [5.41, 5.74) is 8.97. The summed E-state index contributed by atoms with van der Waals surface area (Å²) >= 11 is 0. The van der Waals surface area contributed by atoms with E-state index in [-0.39, 0.29) is 12.5 Å². The van der Waals surface area contributed by atoms with Crippen LogP contribution in [0, 0.1) is 13.8 Å². The minimum absolute atomic E-state index is 0.261. The highest BCUT2D eigenvalue weighted by Gasteiger charge is 2.30. The van der Waals surface area contributed by atoms with E-state index in [0.29, 0.717) is 6.54 Å². The third-order valence-electron chi connectivity index (χ3n) is 5.43. The van der Waals surface area contributed by atoms with E-state index in [4.69, 9.17) is 10.5 Å². The lowest BCUT2D eigenvalue weighted by molar-refractivity contribution is -0.124. The van der Waals surface area contributed by atoms with Gasteiger partial charge in [-0.2, -0.15) is 0 Å². The third-order valence-corrected chi connectivity index (χ3v) is 5.43. The zero-order valence-corrected chi connectivity index (χ0v) is 17.3. The van der Waals surface area contributed by atoms with Crippen LogP contribution < -0.4 is 10.5 Å². The van der Waals surface area contributed by atoms with Gasteiger partial charge in [-0.3, -0.25) is 14.6 Å². The minimum Gasteiger partial charge on any atom is -0.491 e. The molecule has 2 aromatic carbocycles. The van der Waals surface area contributed by atoms with Crippen molar-refractivity contribution in [3.05, 3.63) is 65.2 Å². The predicted molar refractivity (Wildman–Crippen MR) is 114 cm³/mol. The van der Waals surface area contributed by atoms with Crippen molar-refractivity contribution in [1.29, 1.82) is 0 Å². The van der Waals surface area contributed by atoms with Crippen LogP contribution in [-0.4, -0.2) is 66.2 Å². The van der Waals surface area contributed by atoms with Crippen molar-refractivity contribution >= 4 is 5.91 Å². The summed E-state index contributed by atoms with van der Waals surface area (Å²) in [5.74, 6) is 0.442. The van der Waals surface area contributed by atoms with Gasteiger partial charge in [0.15, 0.2) is 0 Å². The summed E-state index contributed by atoms with van der Waals surface area (Å²) in [6, 6.07) is 15.2. The van der Waals surface area contributed by atoms with E-state index in [0.717, 1.165) is 48.6 Å². The van der Waals surface area contributed by atoms with E-state index in [1.807, 2.05) is 56.3 Å². The first-order valence-electron chi connectivity index (χ1n) is 10.1. The van der Waals surface area contributed by atoms with Crippen LogP contribution >= 0.6 is 0 Å². The van der Waals surface area contributed by atoms with Crippen LogP contribution in [0.4, 0.5) is 0 Å². The van der Waals surface area contributed by atoms with Crippen molar-refractivity contribution in [2.75, 3.05) is 39.3 Å². The number of hydrogen-bond acceptors (Lipinski definition) is 5. The lowest BCUT2D eigenvalue weighted by Crippen LogP contribution is -2.52. The minimum atomic E-state index is -0.562. The molecule has 1 amide bonds. The zero-order chi connectivity index (χ0) is 20.8. The third kappa shape index (κ3) is 5.79. The van der Waals surface area contributed by atoms with Crippen LogP contribution in [0.1, 0.15) is 22.7 Å². The summed E-state index contributed by atoms with van der Waals surface area (Å²) < 4.78 is 5.63. The van der Waals surface area contributed by atoms with E-state index in [9.17, 15) is 9.90 Å². The number of benzene rings is 2. The van der Waals surface area contributed by atoms with E-state index < -0.39 is 12.1 Å². The Morgan fingerprint density at radius 1 is 1.10 bits per heavy atom. The zero-order valence-electron chi connectivity index (χ0n) is 17.3. The number of hydrogen-bond donors (Lipinski definition) is 2. The number of nitrogens with zero attached hydrogens (tertiary/aromatic N) is 2. The monoisotopic (exact) mass is 397 g/mol. The van der Waals surface area contributed by atoms with Gasteiger partial charge in [-0.1, -0.05) is 42.0 Å². The Balaban J connectivity index is 1.53. The maximum absolute atomic E-state index is 12.3. The summed E-state index contributed by atoms with van der Waals surface area (Å²) in [6.07, 6.45) is -0.562. The summed E-state index contributed by atoms with van der Waals surface area (Å²) in [5, 5.41) is 10.3. The highest BCUT2D eigenvalue weighted by atomic mass is 16.5. The van der Waals surface area contributed by atoms with E-state index in [2.05, 4.69) is 15.9 Å². The van der Waals surface area contributed by atoms with Crippen LogP contribution in [0.5, 0.6) is 5.75 Å².